The van der Waals surface area contributed by atoms with Crippen LogP contribution in [-0.2, 0) is 14.8 Å². The highest BCUT2D eigenvalue weighted by Crippen LogP contribution is 2.29. The van der Waals surface area contributed by atoms with Crippen LogP contribution in [0.15, 0.2) is 113 Å². The minimum absolute atomic E-state index is 0.0197. The van der Waals surface area contributed by atoms with Crippen molar-refractivity contribution in [3.8, 4) is 22.5 Å². The van der Waals surface area contributed by atoms with Gasteiger partial charge in [-0.2, -0.15) is 0 Å². The van der Waals surface area contributed by atoms with Crippen molar-refractivity contribution < 1.29 is 13.2 Å². The Morgan fingerprint density at radius 2 is 1.38 bits per heavy atom. The zero-order valence-electron chi connectivity index (χ0n) is 21.0. The van der Waals surface area contributed by atoms with Crippen LogP contribution in [0.25, 0.3) is 22.5 Å². The molecule has 0 saturated carbocycles. The number of nitrogens with zero attached hydrogens (tertiary/aromatic N) is 5. The smallest absolute Gasteiger partial charge is 0.264 e. The molecule has 0 spiro atoms. The van der Waals surface area contributed by atoms with Crippen LogP contribution in [0.1, 0.15) is 6.42 Å². The molecule has 0 aliphatic rings. The number of carbonyl (C=O) groups is 1. The minimum Gasteiger partial charge on any atom is -0.326 e. The average molecular weight is 570 g/mol. The molecule has 0 radical (unpaired) electrons. The summed E-state index contributed by atoms with van der Waals surface area (Å²) in [6.45, 7) is 0. The van der Waals surface area contributed by atoms with Crippen LogP contribution in [0.3, 0.4) is 0 Å². The summed E-state index contributed by atoms with van der Waals surface area (Å²) in [6.07, 6.45) is 3.07. The molecule has 200 valence electrons. The zero-order valence-corrected chi connectivity index (χ0v) is 22.6. The molecule has 0 fully saturated rings. The number of amides is 1. The molecule has 0 bridgehead atoms. The lowest BCUT2D eigenvalue weighted by Crippen LogP contribution is -2.15. The van der Waals surface area contributed by atoms with Crippen LogP contribution in [0.2, 0.25) is 0 Å². The Labute approximate surface area is 235 Å². The van der Waals surface area contributed by atoms with E-state index in [0.29, 0.717) is 22.3 Å². The lowest BCUT2D eigenvalue weighted by Gasteiger charge is -2.10. The number of carbonyl (C=O) groups excluding carboxylic acids is 1. The number of thioether (sulfide) groups is 1. The highest BCUT2D eigenvalue weighted by molar-refractivity contribution is 7.99. The molecular formula is C28H23N7O3S2. The summed E-state index contributed by atoms with van der Waals surface area (Å²) in [5.41, 5.74) is 3.72. The fraction of sp³-hybridized carbons (Fsp3) is 0.0714. The molecule has 12 heteroatoms. The van der Waals surface area contributed by atoms with E-state index in [1.165, 1.54) is 48.4 Å². The second-order valence-corrected chi connectivity index (χ2v) is 11.1. The number of aromatic nitrogens is 5. The van der Waals surface area contributed by atoms with Crippen LogP contribution in [0.4, 0.5) is 11.6 Å². The summed E-state index contributed by atoms with van der Waals surface area (Å²) in [5, 5.41) is 12.0. The Morgan fingerprint density at radius 1 is 0.750 bits per heavy atom. The van der Waals surface area contributed by atoms with E-state index >= 15 is 0 Å². The second kappa shape index (κ2) is 12.5. The zero-order chi connectivity index (χ0) is 27.8. The largest absolute Gasteiger partial charge is 0.326 e. The van der Waals surface area contributed by atoms with Crippen molar-refractivity contribution in [2.45, 2.75) is 16.5 Å². The molecule has 0 unspecified atom stereocenters. The molecule has 2 aromatic heterocycles. The highest BCUT2D eigenvalue weighted by Gasteiger charge is 2.16. The van der Waals surface area contributed by atoms with Crippen molar-refractivity contribution in [3.63, 3.8) is 0 Å². The molecule has 1 amide bonds. The Kier molecular flexibility index (Phi) is 8.38. The van der Waals surface area contributed by atoms with Crippen molar-refractivity contribution in [1.29, 1.82) is 0 Å². The molecule has 40 heavy (non-hydrogen) atoms. The standard InChI is InChI=1S/C28H23N7O3S2/c36-24(31-22-12-14-23(15-13-22)40(37,38)35-27-29-17-7-18-30-27)16-19-39-28-32-25(20-8-3-1-4-9-20)26(33-34-28)21-10-5-2-6-11-21/h1-15,17-18H,16,19H2,(H,31,36)(H,29,30,35). The maximum atomic E-state index is 12.5. The highest BCUT2D eigenvalue weighted by atomic mass is 32.2. The topological polar surface area (TPSA) is 140 Å². The molecule has 0 aliphatic carbocycles. The molecule has 3 aromatic carbocycles. The number of sulfonamides is 1. The van der Waals surface area contributed by atoms with E-state index in [-0.39, 0.29) is 23.2 Å². The number of rotatable bonds is 10. The van der Waals surface area contributed by atoms with E-state index in [1.54, 1.807) is 6.07 Å². The number of anilines is 2. The third kappa shape index (κ3) is 6.84. The molecule has 5 rings (SSSR count). The Bertz CT molecular complexity index is 1690. The molecule has 5 aromatic rings. The molecule has 10 nitrogen and oxygen atoms in total. The Hall–Kier alpha value is -4.68. The SMILES string of the molecule is O=C(CCSc1nnc(-c2ccccc2)c(-c2ccccc2)n1)Nc1ccc(S(=O)(=O)Nc2ncccn2)cc1. The Balaban J connectivity index is 1.19. The molecular weight excluding hydrogens is 546 g/mol. The van der Waals surface area contributed by atoms with Gasteiger partial charge in [0.1, 0.15) is 11.4 Å². The summed E-state index contributed by atoms with van der Waals surface area (Å²) in [4.78, 5) is 25.0. The Morgan fingerprint density at radius 3 is 2.02 bits per heavy atom. The maximum Gasteiger partial charge on any atom is 0.264 e. The maximum absolute atomic E-state index is 12.5. The first-order valence-electron chi connectivity index (χ1n) is 12.2. The van der Waals surface area contributed by atoms with Crippen molar-refractivity contribution in [1.82, 2.24) is 25.1 Å². The monoisotopic (exact) mass is 569 g/mol. The van der Waals surface area contributed by atoms with E-state index in [4.69, 9.17) is 4.98 Å². The fourth-order valence-corrected chi connectivity index (χ4v) is 5.35. The number of hydrogen-bond donors (Lipinski definition) is 2. The van der Waals surface area contributed by atoms with Gasteiger partial charge >= 0.3 is 0 Å². The lowest BCUT2D eigenvalue weighted by atomic mass is 10.0. The van der Waals surface area contributed by atoms with Crippen LogP contribution < -0.4 is 10.0 Å². The van der Waals surface area contributed by atoms with Gasteiger partial charge in [0.05, 0.1) is 4.90 Å². The predicted molar refractivity (Wildman–Crippen MR) is 154 cm³/mol. The van der Waals surface area contributed by atoms with Crippen LogP contribution >= 0.6 is 11.8 Å². The first-order valence-corrected chi connectivity index (χ1v) is 14.6. The van der Waals surface area contributed by atoms with Gasteiger partial charge in [0.2, 0.25) is 17.0 Å². The third-order valence-electron chi connectivity index (χ3n) is 5.56. The first-order chi connectivity index (χ1) is 19.5. The number of benzene rings is 3. The van der Waals surface area contributed by atoms with Gasteiger partial charge in [0, 0.05) is 41.4 Å². The summed E-state index contributed by atoms with van der Waals surface area (Å²) in [6, 6.07) is 26.9. The first kappa shape index (κ1) is 26.9. The van der Waals surface area contributed by atoms with Crippen LogP contribution in [-0.4, -0.2) is 45.2 Å². The number of hydrogen-bond acceptors (Lipinski definition) is 9. The lowest BCUT2D eigenvalue weighted by molar-refractivity contribution is -0.115. The van der Waals surface area contributed by atoms with Gasteiger partial charge in [0.15, 0.2) is 0 Å². The molecule has 0 saturated heterocycles. The summed E-state index contributed by atoms with van der Waals surface area (Å²) < 4.78 is 27.4. The van der Waals surface area contributed by atoms with Crippen molar-refractivity contribution in [2.24, 2.45) is 0 Å². The summed E-state index contributed by atoms with van der Waals surface area (Å²) >= 11 is 1.33. The van der Waals surface area contributed by atoms with Gasteiger partial charge in [0.25, 0.3) is 10.0 Å². The third-order valence-corrected chi connectivity index (χ3v) is 7.75. The van der Waals surface area contributed by atoms with Gasteiger partial charge in [-0.3, -0.25) is 4.79 Å². The van der Waals surface area contributed by atoms with Gasteiger partial charge < -0.3 is 5.32 Å². The minimum atomic E-state index is -3.86. The van der Waals surface area contributed by atoms with E-state index in [2.05, 4.69) is 30.2 Å². The number of nitrogens with one attached hydrogen (secondary N) is 2. The van der Waals surface area contributed by atoms with E-state index in [9.17, 15) is 13.2 Å². The van der Waals surface area contributed by atoms with Crippen LogP contribution in [0, 0.1) is 0 Å². The van der Waals surface area contributed by atoms with E-state index in [1.807, 2.05) is 60.7 Å². The van der Waals surface area contributed by atoms with Crippen molar-refractivity contribution in [3.05, 3.63) is 103 Å². The molecule has 0 atom stereocenters. The quantitative estimate of drug-likeness (QED) is 0.224. The van der Waals surface area contributed by atoms with Crippen molar-refractivity contribution >= 4 is 39.3 Å². The molecule has 0 aliphatic heterocycles. The molecule has 2 heterocycles. The predicted octanol–water partition coefficient (Wildman–Crippen LogP) is 4.92. The van der Waals surface area contributed by atoms with Gasteiger partial charge in [-0.1, -0.05) is 72.4 Å². The van der Waals surface area contributed by atoms with E-state index in [0.717, 1.165) is 16.8 Å². The van der Waals surface area contributed by atoms with Gasteiger partial charge in [-0.15, -0.1) is 10.2 Å². The van der Waals surface area contributed by atoms with Crippen molar-refractivity contribution in [2.75, 3.05) is 15.8 Å². The average Bonchev–Trinajstić information content (AvgIpc) is 2.98. The summed E-state index contributed by atoms with van der Waals surface area (Å²) in [5.74, 6) is 0.179. The van der Waals surface area contributed by atoms with Crippen LogP contribution in [0.5, 0.6) is 0 Å². The van der Waals surface area contributed by atoms with E-state index < -0.39 is 10.0 Å². The van der Waals surface area contributed by atoms with Gasteiger partial charge in [-0.05, 0) is 30.3 Å². The molecule has 2 N–H and O–H groups in total. The van der Waals surface area contributed by atoms with Gasteiger partial charge in [-0.25, -0.2) is 28.1 Å². The normalized spacial score (nSPS) is 11.1. The fourth-order valence-electron chi connectivity index (χ4n) is 3.67. The second-order valence-electron chi connectivity index (χ2n) is 8.37. The summed E-state index contributed by atoms with van der Waals surface area (Å²) in [7, 11) is -3.86.